The first kappa shape index (κ1) is 24.5. The molecule has 2 N–H and O–H groups in total. The number of aromatic nitrogens is 3. The van der Waals surface area contributed by atoms with Crippen molar-refractivity contribution < 1.29 is 17.7 Å². The van der Waals surface area contributed by atoms with E-state index in [1.807, 2.05) is 0 Å². The van der Waals surface area contributed by atoms with Gasteiger partial charge < -0.3 is 10.1 Å². The molecule has 1 unspecified atom stereocenters. The third-order valence-corrected chi connectivity index (χ3v) is 5.93. The highest BCUT2D eigenvalue weighted by molar-refractivity contribution is 7.90. The molecule has 0 saturated heterocycles. The summed E-state index contributed by atoms with van der Waals surface area (Å²) in [5.74, 6) is -0.254. The lowest BCUT2D eigenvalue weighted by molar-refractivity contribution is 0.305. The molecule has 0 saturated carbocycles. The molecule has 180 valence electrons. The molecule has 0 radical (unpaired) electrons. The first-order valence-corrected chi connectivity index (χ1v) is 12.8. The SMILES string of the molecule is CS(=N)(=O)Cc1cccc(Nc2ncnc(-c3ccc(F)cc3OCc3ccc(F)c(Cl)c3)n2)c1. The summed E-state index contributed by atoms with van der Waals surface area (Å²) >= 11 is 5.83. The third-order valence-electron chi connectivity index (χ3n) is 4.76. The Morgan fingerprint density at radius 3 is 2.66 bits per heavy atom. The topological polar surface area (TPSA) is 101 Å². The minimum absolute atomic E-state index is 0.0239. The molecule has 4 aromatic rings. The fraction of sp³-hybridized carbons (Fsp3) is 0.125. The van der Waals surface area contributed by atoms with E-state index in [-0.39, 0.29) is 34.9 Å². The molecule has 0 bridgehead atoms. The van der Waals surface area contributed by atoms with E-state index in [2.05, 4.69) is 20.3 Å². The summed E-state index contributed by atoms with van der Waals surface area (Å²) in [7, 11) is -2.69. The van der Waals surface area contributed by atoms with Gasteiger partial charge in [0.05, 0.1) is 16.3 Å². The number of halogens is 3. The molecular weight excluding hydrogens is 496 g/mol. The minimum Gasteiger partial charge on any atom is -0.488 e. The van der Waals surface area contributed by atoms with Gasteiger partial charge in [-0.05, 0) is 47.5 Å². The van der Waals surface area contributed by atoms with Gasteiger partial charge in [0.2, 0.25) is 5.95 Å². The number of ether oxygens (including phenoxy) is 1. The number of nitrogens with one attached hydrogen (secondary N) is 2. The highest BCUT2D eigenvalue weighted by Gasteiger charge is 2.13. The van der Waals surface area contributed by atoms with Crippen molar-refractivity contribution in [2.45, 2.75) is 12.4 Å². The average Bonchev–Trinajstić information content (AvgIpc) is 2.79. The van der Waals surface area contributed by atoms with Crippen LogP contribution in [0.2, 0.25) is 5.02 Å². The molecule has 1 heterocycles. The number of benzene rings is 3. The average molecular weight is 516 g/mol. The Morgan fingerprint density at radius 1 is 1.06 bits per heavy atom. The molecule has 0 aliphatic heterocycles. The maximum absolute atomic E-state index is 14.0. The Labute approximate surface area is 206 Å². The minimum atomic E-state index is -2.69. The Bertz CT molecular complexity index is 1480. The van der Waals surface area contributed by atoms with Gasteiger partial charge in [0, 0.05) is 27.7 Å². The van der Waals surface area contributed by atoms with Crippen molar-refractivity contribution in [3.05, 3.63) is 94.8 Å². The van der Waals surface area contributed by atoms with Crippen molar-refractivity contribution in [3.63, 3.8) is 0 Å². The molecule has 0 aliphatic carbocycles. The number of hydrogen-bond donors (Lipinski definition) is 2. The molecule has 1 aromatic heterocycles. The normalized spacial score (nSPS) is 12.7. The molecule has 35 heavy (non-hydrogen) atoms. The van der Waals surface area contributed by atoms with Crippen molar-refractivity contribution in [3.8, 4) is 17.1 Å². The lowest BCUT2D eigenvalue weighted by atomic mass is 10.1. The fourth-order valence-corrected chi connectivity index (χ4v) is 4.28. The largest absolute Gasteiger partial charge is 0.488 e. The van der Waals surface area contributed by atoms with Gasteiger partial charge in [-0.15, -0.1) is 0 Å². The van der Waals surface area contributed by atoms with Crippen LogP contribution in [-0.4, -0.2) is 25.4 Å². The summed E-state index contributed by atoms with van der Waals surface area (Å²) in [6.07, 6.45) is 2.70. The second-order valence-electron chi connectivity index (χ2n) is 7.79. The number of hydrogen-bond acceptors (Lipinski definition) is 7. The Morgan fingerprint density at radius 2 is 1.89 bits per heavy atom. The van der Waals surface area contributed by atoms with Gasteiger partial charge in [0.1, 0.15) is 30.3 Å². The van der Waals surface area contributed by atoms with Crippen LogP contribution in [0, 0.1) is 16.4 Å². The van der Waals surface area contributed by atoms with Crippen LogP contribution in [0.25, 0.3) is 11.4 Å². The first-order chi connectivity index (χ1) is 16.7. The van der Waals surface area contributed by atoms with E-state index in [0.717, 1.165) is 5.56 Å². The molecule has 1 atom stereocenters. The smallest absolute Gasteiger partial charge is 0.230 e. The second kappa shape index (κ2) is 10.3. The molecule has 4 rings (SSSR count). The summed E-state index contributed by atoms with van der Waals surface area (Å²) < 4.78 is 52.6. The molecule has 11 heteroatoms. The van der Waals surface area contributed by atoms with Gasteiger partial charge in [-0.3, -0.25) is 4.78 Å². The highest BCUT2D eigenvalue weighted by Crippen LogP contribution is 2.30. The molecule has 3 aromatic carbocycles. The Balaban J connectivity index is 1.57. The Kier molecular flexibility index (Phi) is 7.23. The summed E-state index contributed by atoms with van der Waals surface area (Å²) in [4.78, 5) is 12.7. The summed E-state index contributed by atoms with van der Waals surface area (Å²) in [5.41, 5.74) is 2.42. The Hall–Kier alpha value is -3.63. The molecule has 0 amide bonds. The lowest BCUT2D eigenvalue weighted by Gasteiger charge is -2.12. The van der Waals surface area contributed by atoms with Crippen molar-refractivity contribution in [1.82, 2.24) is 15.0 Å². The standard InChI is InChI=1S/C24H20ClF2N5O2S/c1-35(28,33)13-16-3-2-4-18(9-16)31-24-30-14-29-23(32-24)19-7-6-17(26)11-22(19)34-12-15-5-8-21(27)20(25)10-15/h2-11,14,28H,12-13H2,1H3,(H,29,30,31,32). The van der Waals surface area contributed by atoms with E-state index in [9.17, 15) is 13.0 Å². The molecule has 0 fully saturated rings. The van der Waals surface area contributed by atoms with E-state index < -0.39 is 21.4 Å². The quantitative estimate of drug-likeness (QED) is 0.300. The van der Waals surface area contributed by atoms with Crippen LogP contribution in [0.4, 0.5) is 20.4 Å². The van der Waals surface area contributed by atoms with Crippen LogP contribution in [0.15, 0.2) is 67.0 Å². The third kappa shape index (κ3) is 6.71. The van der Waals surface area contributed by atoms with Gasteiger partial charge in [0.25, 0.3) is 0 Å². The lowest BCUT2D eigenvalue weighted by Crippen LogP contribution is -2.03. The van der Waals surface area contributed by atoms with Crippen molar-refractivity contribution in [1.29, 1.82) is 4.78 Å². The van der Waals surface area contributed by atoms with Gasteiger partial charge in [-0.25, -0.2) is 23.0 Å². The second-order valence-corrected chi connectivity index (χ2v) is 10.5. The number of nitrogens with zero attached hydrogens (tertiary/aromatic N) is 3. The first-order valence-electron chi connectivity index (χ1n) is 10.3. The monoisotopic (exact) mass is 515 g/mol. The van der Waals surface area contributed by atoms with Crippen LogP contribution in [-0.2, 0) is 22.1 Å². The van der Waals surface area contributed by atoms with E-state index in [4.69, 9.17) is 21.1 Å². The number of anilines is 2. The maximum atomic E-state index is 14.0. The van der Waals surface area contributed by atoms with E-state index in [1.165, 1.54) is 49.0 Å². The predicted octanol–water partition coefficient (Wildman–Crippen LogP) is 5.97. The van der Waals surface area contributed by atoms with E-state index in [1.54, 1.807) is 24.3 Å². The maximum Gasteiger partial charge on any atom is 0.230 e. The molecule has 7 nitrogen and oxygen atoms in total. The molecular formula is C24H20ClF2N5O2S. The molecule has 0 spiro atoms. The van der Waals surface area contributed by atoms with Crippen LogP contribution >= 0.6 is 11.6 Å². The van der Waals surface area contributed by atoms with Crippen molar-refractivity contribution in [2.75, 3.05) is 11.6 Å². The van der Waals surface area contributed by atoms with Gasteiger partial charge in [-0.1, -0.05) is 29.8 Å². The zero-order valence-corrected chi connectivity index (χ0v) is 20.0. The van der Waals surface area contributed by atoms with Gasteiger partial charge >= 0.3 is 0 Å². The summed E-state index contributed by atoms with van der Waals surface area (Å²) in [6, 6.07) is 15.3. The van der Waals surface area contributed by atoms with Crippen LogP contribution in [0.1, 0.15) is 11.1 Å². The van der Waals surface area contributed by atoms with Crippen molar-refractivity contribution in [2.24, 2.45) is 0 Å². The van der Waals surface area contributed by atoms with Gasteiger partial charge in [0.15, 0.2) is 5.82 Å². The highest BCUT2D eigenvalue weighted by atomic mass is 35.5. The summed E-state index contributed by atoms with van der Waals surface area (Å²) in [6.45, 7) is 0.0239. The van der Waals surface area contributed by atoms with Gasteiger partial charge in [-0.2, -0.15) is 4.98 Å². The number of rotatable bonds is 8. The van der Waals surface area contributed by atoms with Crippen LogP contribution in [0.3, 0.4) is 0 Å². The fourth-order valence-electron chi connectivity index (χ4n) is 3.26. The van der Waals surface area contributed by atoms with Crippen molar-refractivity contribution >= 4 is 33.0 Å². The van der Waals surface area contributed by atoms with E-state index in [0.29, 0.717) is 16.8 Å². The summed E-state index contributed by atoms with van der Waals surface area (Å²) in [5, 5.41) is 3.02. The van der Waals surface area contributed by atoms with E-state index >= 15 is 0 Å². The zero-order valence-electron chi connectivity index (χ0n) is 18.5. The van der Waals surface area contributed by atoms with Crippen LogP contribution < -0.4 is 10.1 Å². The van der Waals surface area contributed by atoms with Crippen LogP contribution in [0.5, 0.6) is 5.75 Å². The molecule has 0 aliphatic rings. The predicted molar refractivity (Wildman–Crippen MR) is 131 cm³/mol. The zero-order chi connectivity index (χ0) is 25.0.